The lowest BCUT2D eigenvalue weighted by Crippen LogP contribution is -2.50. The zero-order valence-corrected chi connectivity index (χ0v) is 23.8. The molecule has 1 aliphatic rings. The molecule has 1 aromatic carbocycles. The van der Waals surface area contributed by atoms with E-state index >= 15 is 0 Å². The Bertz CT molecular complexity index is 1470. The number of rotatable bonds is 6. The second-order valence-corrected chi connectivity index (χ2v) is 10.8. The molecule has 10 nitrogen and oxygen atoms in total. The van der Waals surface area contributed by atoms with Gasteiger partial charge < -0.3 is 19.9 Å². The third kappa shape index (κ3) is 6.22. The Kier molecular flexibility index (Phi) is 7.68. The number of ether oxygens (including phenoxy) is 1. The Morgan fingerprint density at radius 1 is 1.07 bits per heavy atom. The summed E-state index contributed by atoms with van der Waals surface area (Å²) in [6.45, 7) is 13.3. The van der Waals surface area contributed by atoms with E-state index in [1.807, 2.05) is 62.1 Å². The van der Waals surface area contributed by atoms with Crippen LogP contribution in [0.4, 0.5) is 22.1 Å². The average Bonchev–Trinajstić information content (AvgIpc) is 3.38. The summed E-state index contributed by atoms with van der Waals surface area (Å²) in [7, 11) is 0. The molecule has 10 heteroatoms. The molecule has 1 amide bonds. The predicted molar refractivity (Wildman–Crippen MR) is 157 cm³/mol. The molecule has 0 radical (unpaired) electrons. The van der Waals surface area contributed by atoms with Crippen molar-refractivity contribution in [1.82, 2.24) is 29.6 Å². The van der Waals surface area contributed by atoms with E-state index in [-0.39, 0.29) is 6.09 Å². The number of carbonyl (C=O) groups is 1. The van der Waals surface area contributed by atoms with E-state index in [0.717, 1.165) is 59.1 Å². The van der Waals surface area contributed by atoms with Gasteiger partial charge in [0.05, 0.1) is 5.69 Å². The van der Waals surface area contributed by atoms with Crippen LogP contribution in [-0.2, 0) is 11.3 Å². The summed E-state index contributed by atoms with van der Waals surface area (Å²) >= 11 is 0. The monoisotopic (exact) mass is 540 g/mol. The first-order valence-electron chi connectivity index (χ1n) is 13.6. The maximum absolute atomic E-state index is 12.4. The van der Waals surface area contributed by atoms with E-state index in [1.54, 1.807) is 17.3 Å². The van der Waals surface area contributed by atoms with Crippen molar-refractivity contribution in [2.75, 3.05) is 36.4 Å². The summed E-state index contributed by atoms with van der Waals surface area (Å²) < 4.78 is 7.43. The summed E-state index contributed by atoms with van der Waals surface area (Å²) in [5.74, 6) is 0.511. The Morgan fingerprint density at radius 2 is 1.88 bits per heavy atom. The van der Waals surface area contributed by atoms with Crippen molar-refractivity contribution >= 4 is 23.4 Å². The van der Waals surface area contributed by atoms with Crippen LogP contribution in [0.25, 0.3) is 22.5 Å². The Hall–Kier alpha value is -4.47. The highest BCUT2D eigenvalue weighted by Crippen LogP contribution is 2.31. The third-order valence-corrected chi connectivity index (χ3v) is 6.68. The standard InChI is InChI=1S/C30H36N8O2/c1-6-38-20-24(27(35-38)22-8-7-12-31-19-22)25-11-13-32-28(34-25)33-23-9-10-26(21(2)18-23)36-14-16-37(17-15-36)29(39)40-30(3,4)5/h7-13,18-20H,6,14-17H2,1-5H3,(H,32,33,34). The lowest BCUT2D eigenvalue weighted by molar-refractivity contribution is 0.0240. The largest absolute Gasteiger partial charge is 0.444 e. The Labute approximate surface area is 235 Å². The zero-order valence-electron chi connectivity index (χ0n) is 23.8. The Balaban J connectivity index is 1.29. The number of nitrogens with one attached hydrogen (secondary N) is 1. The zero-order chi connectivity index (χ0) is 28.3. The van der Waals surface area contributed by atoms with Crippen LogP contribution in [0.1, 0.15) is 33.3 Å². The molecule has 0 saturated carbocycles. The quantitative estimate of drug-likeness (QED) is 0.341. The molecule has 5 rings (SSSR count). The van der Waals surface area contributed by atoms with Gasteiger partial charge in [-0.15, -0.1) is 0 Å². The smallest absolute Gasteiger partial charge is 0.410 e. The van der Waals surface area contributed by atoms with Gasteiger partial charge in [0, 0.05) is 80.0 Å². The molecule has 0 unspecified atom stereocenters. The van der Waals surface area contributed by atoms with Gasteiger partial charge in [-0.1, -0.05) is 0 Å². The second-order valence-electron chi connectivity index (χ2n) is 10.8. The number of benzene rings is 1. The van der Waals surface area contributed by atoms with Crippen molar-refractivity contribution in [1.29, 1.82) is 0 Å². The summed E-state index contributed by atoms with van der Waals surface area (Å²) in [4.78, 5) is 30.0. The van der Waals surface area contributed by atoms with Gasteiger partial charge >= 0.3 is 6.09 Å². The number of anilines is 3. The maximum Gasteiger partial charge on any atom is 0.410 e. The van der Waals surface area contributed by atoms with Crippen molar-refractivity contribution in [3.05, 3.63) is 66.7 Å². The van der Waals surface area contributed by atoms with Crippen LogP contribution in [0.15, 0.2) is 61.2 Å². The lowest BCUT2D eigenvalue weighted by Gasteiger charge is -2.37. The first kappa shape index (κ1) is 27.1. The number of amides is 1. The van der Waals surface area contributed by atoms with E-state index in [0.29, 0.717) is 19.0 Å². The van der Waals surface area contributed by atoms with Gasteiger partial charge in [0.1, 0.15) is 11.3 Å². The molecule has 4 aromatic rings. The van der Waals surface area contributed by atoms with Crippen molar-refractivity contribution in [3.8, 4) is 22.5 Å². The van der Waals surface area contributed by atoms with E-state index in [9.17, 15) is 4.79 Å². The van der Waals surface area contributed by atoms with Crippen molar-refractivity contribution in [3.63, 3.8) is 0 Å². The molecule has 1 N–H and O–H groups in total. The lowest BCUT2D eigenvalue weighted by atomic mass is 10.1. The molecule has 3 aromatic heterocycles. The minimum Gasteiger partial charge on any atom is -0.444 e. The van der Waals surface area contributed by atoms with E-state index in [1.165, 1.54) is 0 Å². The van der Waals surface area contributed by atoms with Gasteiger partial charge in [-0.25, -0.2) is 14.8 Å². The van der Waals surface area contributed by atoms with Gasteiger partial charge in [0.15, 0.2) is 0 Å². The molecule has 1 aliphatic heterocycles. The predicted octanol–water partition coefficient (Wildman–Crippen LogP) is 5.53. The number of nitrogens with zero attached hydrogens (tertiary/aromatic N) is 7. The van der Waals surface area contributed by atoms with Crippen LogP contribution in [0.2, 0.25) is 0 Å². The first-order valence-corrected chi connectivity index (χ1v) is 13.6. The number of hydrogen-bond acceptors (Lipinski definition) is 8. The molecule has 4 heterocycles. The molecule has 0 atom stereocenters. The van der Waals surface area contributed by atoms with E-state index in [2.05, 4.69) is 46.2 Å². The van der Waals surface area contributed by atoms with E-state index in [4.69, 9.17) is 14.8 Å². The van der Waals surface area contributed by atoms with Crippen LogP contribution in [-0.4, -0.2) is 67.5 Å². The molecule has 0 aliphatic carbocycles. The van der Waals surface area contributed by atoms with Crippen LogP contribution < -0.4 is 10.2 Å². The van der Waals surface area contributed by atoms with Gasteiger partial charge in [-0.05, 0) is 76.6 Å². The van der Waals surface area contributed by atoms with Crippen LogP contribution in [0.3, 0.4) is 0 Å². The fraction of sp³-hybridized carbons (Fsp3) is 0.367. The summed E-state index contributed by atoms with van der Waals surface area (Å²) in [6.07, 6.45) is 7.08. The van der Waals surface area contributed by atoms with Crippen molar-refractivity contribution < 1.29 is 9.53 Å². The molecule has 40 heavy (non-hydrogen) atoms. The van der Waals surface area contributed by atoms with E-state index < -0.39 is 5.60 Å². The number of hydrogen-bond donors (Lipinski definition) is 1. The molecule has 1 saturated heterocycles. The summed E-state index contributed by atoms with van der Waals surface area (Å²) in [5, 5.41) is 8.11. The van der Waals surface area contributed by atoms with Gasteiger partial charge in [-0.2, -0.15) is 5.10 Å². The fourth-order valence-corrected chi connectivity index (χ4v) is 4.73. The van der Waals surface area contributed by atoms with Gasteiger partial charge in [-0.3, -0.25) is 9.67 Å². The highest BCUT2D eigenvalue weighted by molar-refractivity contribution is 5.78. The number of piperazine rings is 1. The third-order valence-electron chi connectivity index (χ3n) is 6.68. The topological polar surface area (TPSA) is 101 Å². The van der Waals surface area contributed by atoms with Gasteiger partial charge in [0.25, 0.3) is 0 Å². The maximum atomic E-state index is 12.4. The van der Waals surface area contributed by atoms with Gasteiger partial charge in [0.2, 0.25) is 5.95 Å². The molecule has 0 spiro atoms. The first-order chi connectivity index (χ1) is 19.2. The van der Waals surface area contributed by atoms with Crippen LogP contribution in [0, 0.1) is 6.92 Å². The molecule has 1 fully saturated rings. The SMILES string of the molecule is CCn1cc(-c2ccnc(Nc3ccc(N4CCN(C(=O)OC(C)(C)C)CC4)c(C)c3)n2)c(-c2cccnc2)n1. The van der Waals surface area contributed by atoms with Crippen molar-refractivity contribution in [2.24, 2.45) is 0 Å². The molecule has 208 valence electrons. The highest BCUT2D eigenvalue weighted by Gasteiger charge is 2.26. The number of aryl methyl sites for hydroxylation is 2. The summed E-state index contributed by atoms with van der Waals surface area (Å²) in [5.41, 5.74) is 6.19. The van der Waals surface area contributed by atoms with Crippen LogP contribution in [0.5, 0.6) is 0 Å². The van der Waals surface area contributed by atoms with Crippen LogP contribution >= 0.6 is 0 Å². The second kappa shape index (κ2) is 11.3. The van der Waals surface area contributed by atoms with Crippen molar-refractivity contribution in [2.45, 2.75) is 46.8 Å². The summed E-state index contributed by atoms with van der Waals surface area (Å²) in [6, 6.07) is 12.0. The highest BCUT2D eigenvalue weighted by atomic mass is 16.6. The minimum absolute atomic E-state index is 0.250. The normalized spacial score (nSPS) is 13.8. The number of aromatic nitrogens is 5. The minimum atomic E-state index is -0.490. The molecular weight excluding hydrogens is 504 g/mol. The average molecular weight is 541 g/mol. The Morgan fingerprint density at radius 3 is 2.55 bits per heavy atom. The molecular formula is C30H36N8O2. The number of pyridine rings is 1. The number of carbonyl (C=O) groups excluding carboxylic acids is 1. The fourth-order valence-electron chi connectivity index (χ4n) is 4.73. The molecule has 0 bridgehead atoms.